The minimum atomic E-state index is 0.462. The van der Waals surface area contributed by atoms with Crippen LogP contribution < -0.4 is 14.2 Å². The number of ether oxygens (including phenoxy) is 3. The molecule has 0 radical (unpaired) electrons. The number of benzene rings is 2. The average molecular weight is 395 g/mol. The second-order valence-corrected chi connectivity index (χ2v) is 6.35. The third kappa shape index (κ3) is 7.74. The summed E-state index contributed by atoms with van der Waals surface area (Å²) in [6.07, 6.45) is 9.48. The molecule has 0 aliphatic heterocycles. The van der Waals surface area contributed by atoms with Gasteiger partial charge in [0.25, 0.3) is 0 Å². The van der Waals surface area contributed by atoms with E-state index in [1.54, 1.807) is 6.21 Å². The van der Waals surface area contributed by atoms with E-state index in [1.165, 1.54) is 7.11 Å². The second-order valence-electron chi connectivity index (χ2n) is 6.35. The molecule has 0 fully saturated rings. The maximum atomic E-state index is 5.92. The van der Waals surface area contributed by atoms with Gasteiger partial charge >= 0.3 is 0 Å². The maximum absolute atomic E-state index is 5.92. The Bertz CT molecular complexity index is 833. The van der Waals surface area contributed by atoms with Crippen LogP contribution in [0.5, 0.6) is 17.2 Å². The molecule has 0 saturated carbocycles. The second kappa shape index (κ2) is 12.3. The zero-order valence-corrected chi connectivity index (χ0v) is 17.6. The fraction of sp³-hybridized carbons (Fsp3) is 0.292. The monoisotopic (exact) mass is 395 g/mol. The quantitative estimate of drug-likeness (QED) is 0.296. The van der Waals surface area contributed by atoms with Crippen LogP contribution >= 0.6 is 0 Å². The van der Waals surface area contributed by atoms with Crippen LogP contribution in [-0.2, 0) is 4.84 Å². The number of hydrogen-bond acceptors (Lipinski definition) is 5. The maximum Gasteiger partial charge on any atom is 0.125 e. The van der Waals surface area contributed by atoms with Gasteiger partial charge in [-0.25, -0.2) is 0 Å². The van der Waals surface area contributed by atoms with Crippen LogP contribution in [-0.4, -0.2) is 33.1 Å². The average Bonchev–Trinajstić information content (AvgIpc) is 2.71. The SMILES string of the molecule is C/C=C/COc1cc(C)c(OC/C=C/COc2cccc(/C=N/OC)c2)c(C)c1. The first-order valence-electron chi connectivity index (χ1n) is 9.56. The molecule has 29 heavy (non-hydrogen) atoms. The number of nitrogens with zero attached hydrogens (tertiary/aromatic N) is 1. The Labute approximate surface area is 173 Å². The van der Waals surface area contributed by atoms with Crippen molar-refractivity contribution in [3.05, 3.63) is 77.4 Å². The first-order valence-corrected chi connectivity index (χ1v) is 9.56. The van der Waals surface area contributed by atoms with Gasteiger partial charge in [-0.15, -0.1) is 0 Å². The lowest BCUT2D eigenvalue weighted by molar-refractivity contribution is 0.215. The van der Waals surface area contributed by atoms with Crippen LogP contribution in [0.25, 0.3) is 0 Å². The summed E-state index contributed by atoms with van der Waals surface area (Å²) in [4.78, 5) is 4.69. The van der Waals surface area contributed by atoms with E-state index < -0.39 is 0 Å². The predicted octanol–water partition coefficient (Wildman–Crippen LogP) is 5.25. The molecule has 154 valence electrons. The van der Waals surface area contributed by atoms with E-state index in [2.05, 4.69) is 9.99 Å². The summed E-state index contributed by atoms with van der Waals surface area (Å²) >= 11 is 0. The molecule has 5 heteroatoms. The van der Waals surface area contributed by atoms with Gasteiger partial charge in [0.1, 0.15) is 44.2 Å². The Balaban J connectivity index is 1.81. The Hall–Kier alpha value is -3.21. The van der Waals surface area contributed by atoms with E-state index in [4.69, 9.17) is 14.2 Å². The van der Waals surface area contributed by atoms with Crippen LogP contribution in [0.15, 0.2) is 65.9 Å². The van der Waals surface area contributed by atoms with Crippen LogP contribution in [0.4, 0.5) is 0 Å². The summed E-state index contributed by atoms with van der Waals surface area (Å²) in [5.41, 5.74) is 3.03. The van der Waals surface area contributed by atoms with Gasteiger partial charge in [-0.3, -0.25) is 0 Å². The molecule has 2 aromatic carbocycles. The first-order chi connectivity index (χ1) is 14.1. The molecule has 0 N–H and O–H groups in total. The summed E-state index contributed by atoms with van der Waals surface area (Å²) in [6, 6.07) is 11.6. The highest BCUT2D eigenvalue weighted by Crippen LogP contribution is 2.28. The summed E-state index contributed by atoms with van der Waals surface area (Å²) in [6.45, 7) is 7.54. The van der Waals surface area contributed by atoms with Gasteiger partial charge in [-0.2, -0.15) is 0 Å². The third-order valence-corrected chi connectivity index (χ3v) is 4.02. The zero-order valence-electron chi connectivity index (χ0n) is 17.6. The van der Waals surface area contributed by atoms with Gasteiger partial charge in [0.05, 0.1) is 6.21 Å². The Morgan fingerprint density at radius 2 is 1.48 bits per heavy atom. The van der Waals surface area contributed by atoms with Crippen molar-refractivity contribution in [2.75, 3.05) is 26.9 Å². The van der Waals surface area contributed by atoms with Crippen LogP contribution in [0.1, 0.15) is 23.6 Å². The van der Waals surface area contributed by atoms with Crippen molar-refractivity contribution in [1.29, 1.82) is 0 Å². The molecule has 0 amide bonds. The Kier molecular flexibility index (Phi) is 9.36. The van der Waals surface area contributed by atoms with Crippen molar-refractivity contribution in [3.63, 3.8) is 0 Å². The normalized spacial score (nSPS) is 11.4. The molecule has 0 spiro atoms. The number of rotatable bonds is 11. The van der Waals surface area contributed by atoms with E-state index in [1.807, 2.05) is 81.5 Å². The number of oxime groups is 1. The summed E-state index contributed by atoms with van der Waals surface area (Å²) in [7, 11) is 1.51. The Morgan fingerprint density at radius 3 is 2.17 bits per heavy atom. The molecule has 0 heterocycles. The van der Waals surface area contributed by atoms with Crippen molar-refractivity contribution in [2.45, 2.75) is 20.8 Å². The van der Waals surface area contributed by atoms with E-state index in [0.29, 0.717) is 19.8 Å². The molecular weight excluding hydrogens is 366 g/mol. The van der Waals surface area contributed by atoms with Gasteiger partial charge in [-0.1, -0.05) is 29.4 Å². The largest absolute Gasteiger partial charge is 0.490 e. The summed E-state index contributed by atoms with van der Waals surface area (Å²) in [5, 5.41) is 3.75. The van der Waals surface area contributed by atoms with Gasteiger partial charge in [0.15, 0.2) is 0 Å². The van der Waals surface area contributed by atoms with Crippen LogP contribution in [0, 0.1) is 13.8 Å². The molecule has 2 rings (SSSR count). The van der Waals surface area contributed by atoms with Crippen LogP contribution in [0.3, 0.4) is 0 Å². The summed E-state index contributed by atoms with van der Waals surface area (Å²) in [5.74, 6) is 2.52. The first kappa shape index (κ1) is 22.1. The molecule has 0 saturated heterocycles. The van der Waals surface area contributed by atoms with Crippen molar-refractivity contribution in [2.24, 2.45) is 5.16 Å². The smallest absolute Gasteiger partial charge is 0.125 e. The molecule has 0 atom stereocenters. The molecule has 0 bridgehead atoms. The van der Waals surface area contributed by atoms with E-state index in [9.17, 15) is 0 Å². The van der Waals surface area contributed by atoms with E-state index in [-0.39, 0.29) is 0 Å². The van der Waals surface area contributed by atoms with Crippen LogP contribution in [0.2, 0.25) is 0 Å². The molecule has 5 nitrogen and oxygen atoms in total. The highest BCUT2D eigenvalue weighted by molar-refractivity contribution is 5.79. The Morgan fingerprint density at radius 1 is 0.828 bits per heavy atom. The lowest BCUT2D eigenvalue weighted by Gasteiger charge is -2.13. The van der Waals surface area contributed by atoms with Gasteiger partial charge in [0, 0.05) is 0 Å². The van der Waals surface area contributed by atoms with E-state index >= 15 is 0 Å². The number of aryl methyl sites for hydroxylation is 2. The van der Waals surface area contributed by atoms with Gasteiger partial charge in [0.2, 0.25) is 0 Å². The topological polar surface area (TPSA) is 49.3 Å². The highest BCUT2D eigenvalue weighted by Gasteiger charge is 2.06. The molecule has 0 aliphatic carbocycles. The lowest BCUT2D eigenvalue weighted by atomic mass is 10.1. The molecule has 0 aliphatic rings. The van der Waals surface area contributed by atoms with E-state index in [0.717, 1.165) is 33.9 Å². The predicted molar refractivity (Wildman–Crippen MR) is 117 cm³/mol. The van der Waals surface area contributed by atoms with Crippen molar-refractivity contribution in [1.82, 2.24) is 0 Å². The van der Waals surface area contributed by atoms with Gasteiger partial charge < -0.3 is 19.0 Å². The standard InChI is InChI=1S/C24H29NO4/c1-5-6-12-28-23-15-19(2)24(20(3)16-23)29-14-8-7-13-27-22-11-9-10-21(17-22)18-25-26-4/h5-11,15-18H,12-14H2,1-4H3/b6-5+,8-7+,25-18+. The highest BCUT2D eigenvalue weighted by atomic mass is 16.6. The molecule has 0 aromatic heterocycles. The fourth-order valence-corrected chi connectivity index (χ4v) is 2.67. The summed E-state index contributed by atoms with van der Waals surface area (Å²) < 4.78 is 17.3. The minimum absolute atomic E-state index is 0.462. The molecular formula is C24H29NO4. The number of hydrogen-bond donors (Lipinski definition) is 0. The van der Waals surface area contributed by atoms with Crippen molar-refractivity contribution in [3.8, 4) is 17.2 Å². The number of allylic oxidation sites excluding steroid dienone is 1. The van der Waals surface area contributed by atoms with Crippen molar-refractivity contribution >= 4 is 6.21 Å². The molecule has 0 unspecified atom stereocenters. The fourth-order valence-electron chi connectivity index (χ4n) is 2.67. The van der Waals surface area contributed by atoms with Crippen molar-refractivity contribution < 1.29 is 19.0 Å². The lowest BCUT2D eigenvalue weighted by Crippen LogP contribution is -2.01. The van der Waals surface area contributed by atoms with Gasteiger partial charge in [-0.05, 0) is 73.9 Å². The third-order valence-electron chi connectivity index (χ3n) is 4.02. The minimum Gasteiger partial charge on any atom is -0.490 e. The molecule has 2 aromatic rings. The zero-order chi connectivity index (χ0) is 20.9.